The number of carbonyl (C=O) groups is 1. The number of esters is 1. The van der Waals surface area contributed by atoms with Crippen LogP contribution in [-0.4, -0.2) is 41.8 Å². The topological polar surface area (TPSA) is 66.8 Å². The molecule has 1 aliphatic heterocycles. The van der Waals surface area contributed by atoms with Crippen LogP contribution >= 0.6 is 11.8 Å². The number of carbonyl (C=O) groups excluding carboxylic acids is 1. The maximum Gasteiger partial charge on any atom is 0.305 e. The van der Waals surface area contributed by atoms with Gasteiger partial charge in [-0.25, -0.2) is 0 Å². The number of hydrogen-bond acceptors (Lipinski definition) is 5. The third-order valence-corrected chi connectivity index (χ3v) is 4.64. The Labute approximate surface area is 125 Å². The summed E-state index contributed by atoms with van der Waals surface area (Å²) < 4.78 is 5.09. The Kier molecular flexibility index (Phi) is 8.26. The molecule has 0 radical (unpaired) electrons. The van der Waals surface area contributed by atoms with Gasteiger partial charge in [-0.05, 0) is 42.8 Å². The van der Waals surface area contributed by atoms with Crippen molar-refractivity contribution in [2.45, 2.75) is 45.4 Å². The third-order valence-electron chi connectivity index (χ3n) is 3.41. The van der Waals surface area contributed by atoms with E-state index in [2.05, 4.69) is 6.08 Å². The van der Waals surface area contributed by atoms with Crippen molar-refractivity contribution >= 4 is 17.7 Å². The minimum absolute atomic E-state index is 0.0690. The van der Waals surface area contributed by atoms with E-state index in [4.69, 9.17) is 14.9 Å². The van der Waals surface area contributed by atoms with Crippen molar-refractivity contribution in [1.82, 2.24) is 0 Å². The maximum atomic E-state index is 11.5. The summed E-state index contributed by atoms with van der Waals surface area (Å²) in [5.41, 5.74) is -0.736. The van der Waals surface area contributed by atoms with Gasteiger partial charge in [0.05, 0.1) is 13.2 Å². The Balaban J connectivity index is 2.06. The van der Waals surface area contributed by atoms with Gasteiger partial charge in [-0.15, -0.1) is 11.8 Å². The molecular formula is C15H26O4S. The second-order valence-corrected chi connectivity index (χ2v) is 6.88. The minimum Gasteiger partial charge on any atom is -0.465 e. The van der Waals surface area contributed by atoms with E-state index in [0.29, 0.717) is 6.42 Å². The van der Waals surface area contributed by atoms with Gasteiger partial charge in [0, 0.05) is 11.8 Å². The average Bonchev–Trinajstić information content (AvgIpc) is 2.97. The zero-order valence-electron chi connectivity index (χ0n) is 12.3. The van der Waals surface area contributed by atoms with Crippen LogP contribution in [-0.2, 0) is 9.53 Å². The van der Waals surface area contributed by atoms with Gasteiger partial charge >= 0.3 is 5.97 Å². The van der Waals surface area contributed by atoms with E-state index < -0.39 is 5.41 Å². The van der Waals surface area contributed by atoms with Gasteiger partial charge in [0.15, 0.2) is 0 Å². The molecule has 5 heteroatoms. The van der Waals surface area contributed by atoms with E-state index >= 15 is 0 Å². The Morgan fingerprint density at radius 1 is 1.40 bits per heavy atom. The lowest BCUT2D eigenvalue weighted by atomic mass is 9.94. The summed E-state index contributed by atoms with van der Waals surface area (Å²) in [6.45, 7) is 1.37. The van der Waals surface area contributed by atoms with Crippen LogP contribution < -0.4 is 0 Å². The Hall–Kier alpha value is -0.520. The fraction of sp³-hybridized carbons (Fsp3) is 0.800. The van der Waals surface area contributed by atoms with Gasteiger partial charge in [0.1, 0.15) is 6.61 Å². The van der Waals surface area contributed by atoms with Crippen LogP contribution in [0.25, 0.3) is 0 Å². The summed E-state index contributed by atoms with van der Waals surface area (Å²) in [7, 11) is 0. The summed E-state index contributed by atoms with van der Waals surface area (Å²) >= 11 is 1.94. The molecule has 0 aliphatic carbocycles. The first kappa shape index (κ1) is 17.5. The number of hydrogen-bond donors (Lipinski definition) is 2. The fourth-order valence-corrected chi connectivity index (χ4v) is 2.90. The summed E-state index contributed by atoms with van der Waals surface area (Å²) in [5, 5.41) is 18.2. The molecule has 1 fully saturated rings. The molecule has 0 atom stereocenters. The van der Waals surface area contributed by atoms with Crippen molar-refractivity contribution in [2.75, 3.05) is 25.6 Å². The van der Waals surface area contributed by atoms with E-state index in [1.54, 1.807) is 6.92 Å². The molecule has 0 unspecified atom stereocenters. The molecule has 0 aromatic heterocycles. The molecule has 1 heterocycles. The number of unbranched alkanes of at least 4 members (excludes halogenated alkanes) is 2. The van der Waals surface area contributed by atoms with E-state index in [1.807, 2.05) is 11.8 Å². The van der Waals surface area contributed by atoms with Gasteiger partial charge in [-0.2, -0.15) is 0 Å². The summed E-state index contributed by atoms with van der Waals surface area (Å²) in [4.78, 5) is 13.0. The highest BCUT2D eigenvalue weighted by atomic mass is 32.2. The average molecular weight is 302 g/mol. The number of rotatable bonds is 9. The quantitative estimate of drug-likeness (QED) is 0.506. The molecule has 20 heavy (non-hydrogen) atoms. The molecule has 0 aromatic carbocycles. The maximum absolute atomic E-state index is 11.5. The Morgan fingerprint density at radius 2 is 2.15 bits per heavy atom. The van der Waals surface area contributed by atoms with E-state index in [1.165, 1.54) is 23.5 Å². The molecule has 1 rings (SSSR count). The van der Waals surface area contributed by atoms with E-state index in [9.17, 15) is 4.79 Å². The SMILES string of the molecule is CC(CO)(CO)COC(=O)CCCC/C=C1\CCCS1. The second-order valence-electron chi connectivity index (χ2n) is 5.66. The fourth-order valence-electron chi connectivity index (χ4n) is 1.83. The van der Waals surface area contributed by atoms with Crippen LogP contribution in [0.4, 0.5) is 0 Å². The first-order chi connectivity index (χ1) is 9.59. The minimum atomic E-state index is -0.736. The summed E-state index contributed by atoms with van der Waals surface area (Å²) in [6, 6.07) is 0. The molecule has 0 saturated carbocycles. The molecule has 116 valence electrons. The van der Waals surface area contributed by atoms with Crippen molar-refractivity contribution in [2.24, 2.45) is 5.41 Å². The van der Waals surface area contributed by atoms with Gasteiger partial charge < -0.3 is 14.9 Å². The molecule has 2 N–H and O–H groups in total. The molecule has 0 spiro atoms. The molecule has 0 bridgehead atoms. The number of ether oxygens (including phenoxy) is 1. The predicted octanol–water partition coefficient (Wildman–Crippen LogP) is 2.49. The Bertz CT molecular complexity index is 316. The van der Waals surface area contributed by atoms with Crippen LogP contribution in [0.2, 0.25) is 0 Å². The van der Waals surface area contributed by atoms with Crippen LogP contribution in [0, 0.1) is 5.41 Å². The first-order valence-electron chi connectivity index (χ1n) is 7.29. The molecular weight excluding hydrogens is 276 g/mol. The van der Waals surface area contributed by atoms with Crippen molar-refractivity contribution in [3.8, 4) is 0 Å². The van der Waals surface area contributed by atoms with Crippen molar-refractivity contribution in [3.63, 3.8) is 0 Å². The van der Waals surface area contributed by atoms with Crippen LogP contribution in [0.15, 0.2) is 11.0 Å². The third kappa shape index (κ3) is 6.77. The standard InChI is InChI=1S/C15H26O4S/c1-15(10-16,11-17)12-19-14(18)8-4-2-3-6-13-7-5-9-20-13/h6,16-17H,2-5,7-12H2,1H3/b13-6+. The van der Waals surface area contributed by atoms with Gasteiger partial charge in [-0.3, -0.25) is 4.79 Å². The first-order valence-corrected chi connectivity index (χ1v) is 8.27. The van der Waals surface area contributed by atoms with E-state index in [-0.39, 0.29) is 25.8 Å². The lowest BCUT2D eigenvalue weighted by molar-refractivity contribution is -0.149. The second kappa shape index (κ2) is 9.42. The molecule has 1 saturated heterocycles. The summed E-state index contributed by atoms with van der Waals surface area (Å²) in [5.74, 6) is 0.994. The van der Waals surface area contributed by atoms with Crippen LogP contribution in [0.1, 0.15) is 45.4 Å². The van der Waals surface area contributed by atoms with Gasteiger partial charge in [0.2, 0.25) is 0 Å². The zero-order chi connectivity index (χ0) is 14.8. The molecule has 4 nitrogen and oxygen atoms in total. The highest BCUT2D eigenvalue weighted by molar-refractivity contribution is 8.03. The lowest BCUT2D eigenvalue weighted by Crippen LogP contribution is -2.32. The Morgan fingerprint density at radius 3 is 2.75 bits per heavy atom. The van der Waals surface area contributed by atoms with Crippen LogP contribution in [0.3, 0.4) is 0 Å². The number of allylic oxidation sites excluding steroid dienone is 2. The van der Waals surface area contributed by atoms with Gasteiger partial charge in [-0.1, -0.05) is 13.0 Å². The number of thioether (sulfide) groups is 1. The number of aliphatic hydroxyl groups is 2. The van der Waals surface area contributed by atoms with Crippen LogP contribution in [0.5, 0.6) is 0 Å². The molecule has 0 amide bonds. The monoisotopic (exact) mass is 302 g/mol. The van der Waals surface area contributed by atoms with Crippen molar-refractivity contribution in [1.29, 1.82) is 0 Å². The molecule has 0 aromatic rings. The molecule has 1 aliphatic rings. The smallest absolute Gasteiger partial charge is 0.305 e. The van der Waals surface area contributed by atoms with Gasteiger partial charge in [0.25, 0.3) is 0 Å². The largest absolute Gasteiger partial charge is 0.465 e. The van der Waals surface area contributed by atoms with Crippen molar-refractivity contribution in [3.05, 3.63) is 11.0 Å². The predicted molar refractivity (Wildman–Crippen MR) is 81.5 cm³/mol. The lowest BCUT2D eigenvalue weighted by Gasteiger charge is -2.23. The highest BCUT2D eigenvalue weighted by Gasteiger charge is 2.24. The normalized spacial score (nSPS) is 17.6. The van der Waals surface area contributed by atoms with E-state index in [0.717, 1.165) is 19.3 Å². The highest BCUT2D eigenvalue weighted by Crippen LogP contribution is 2.30. The number of aliphatic hydroxyl groups excluding tert-OH is 2. The van der Waals surface area contributed by atoms with Crippen molar-refractivity contribution < 1.29 is 19.7 Å². The summed E-state index contributed by atoms with van der Waals surface area (Å²) in [6.07, 6.45) is 8.05. The zero-order valence-corrected chi connectivity index (χ0v) is 13.1.